The number of carbonyl (C=O) groups excluding carboxylic acids is 1. The lowest BCUT2D eigenvalue weighted by molar-refractivity contribution is -0.116. The number of hydrogen-bond acceptors (Lipinski definition) is 2. The highest BCUT2D eigenvalue weighted by atomic mass is 19.1. The van der Waals surface area contributed by atoms with E-state index in [0.717, 1.165) is 11.3 Å². The Labute approximate surface area is 105 Å². The first kappa shape index (κ1) is 12.4. The molecule has 2 rings (SSSR count). The van der Waals surface area contributed by atoms with E-state index in [2.05, 4.69) is 5.32 Å². The van der Waals surface area contributed by atoms with Crippen LogP contribution in [0, 0.1) is 12.7 Å². The zero-order valence-corrected chi connectivity index (χ0v) is 10.1. The number of rotatable bonds is 4. The van der Waals surface area contributed by atoms with Gasteiger partial charge in [-0.05, 0) is 36.8 Å². The number of aryl methyl sites for hydroxylation is 2. The molecule has 1 N–H and O–H groups in total. The zero-order valence-electron chi connectivity index (χ0n) is 10.1. The molecule has 0 aliphatic rings. The van der Waals surface area contributed by atoms with Crippen molar-refractivity contribution in [3.63, 3.8) is 0 Å². The largest absolute Gasteiger partial charge is 0.469 e. The third-order valence-corrected chi connectivity index (χ3v) is 2.65. The van der Waals surface area contributed by atoms with E-state index in [9.17, 15) is 9.18 Å². The number of nitrogens with one attached hydrogen (secondary N) is 1. The Hall–Kier alpha value is -2.10. The molecule has 0 saturated carbocycles. The van der Waals surface area contributed by atoms with Gasteiger partial charge in [-0.25, -0.2) is 4.39 Å². The minimum absolute atomic E-state index is 0.153. The number of carbonyl (C=O) groups is 1. The second kappa shape index (κ2) is 5.49. The van der Waals surface area contributed by atoms with E-state index in [4.69, 9.17) is 4.42 Å². The van der Waals surface area contributed by atoms with Crippen LogP contribution >= 0.6 is 0 Å². The van der Waals surface area contributed by atoms with E-state index in [1.807, 2.05) is 13.0 Å². The Morgan fingerprint density at radius 3 is 2.94 bits per heavy atom. The molecule has 0 fully saturated rings. The molecule has 2 aromatic rings. The number of furan rings is 1. The lowest BCUT2D eigenvalue weighted by Gasteiger charge is -2.07. The Bertz CT molecular complexity index is 535. The van der Waals surface area contributed by atoms with Gasteiger partial charge in [-0.3, -0.25) is 4.79 Å². The SMILES string of the molecule is Cc1ccc(F)cc1NC(=O)CCc1ccco1. The van der Waals surface area contributed by atoms with Gasteiger partial charge in [0.25, 0.3) is 0 Å². The van der Waals surface area contributed by atoms with Gasteiger partial charge in [-0.15, -0.1) is 0 Å². The van der Waals surface area contributed by atoms with Gasteiger partial charge >= 0.3 is 0 Å². The number of amides is 1. The molecule has 1 heterocycles. The second-order valence-corrected chi connectivity index (χ2v) is 4.09. The van der Waals surface area contributed by atoms with E-state index in [0.29, 0.717) is 18.5 Å². The Morgan fingerprint density at radius 1 is 1.39 bits per heavy atom. The van der Waals surface area contributed by atoms with Crippen molar-refractivity contribution in [1.82, 2.24) is 0 Å². The molecule has 0 atom stereocenters. The third kappa shape index (κ3) is 3.20. The molecule has 4 heteroatoms. The first-order valence-electron chi connectivity index (χ1n) is 5.73. The number of anilines is 1. The van der Waals surface area contributed by atoms with Crippen LogP contribution < -0.4 is 5.32 Å². The smallest absolute Gasteiger partial charge is 0.224 e. The Morgan fingerprint density at radius 2 is 2.22 bits per heavy atom. The summed E-state index contributed by atoms with van der Waals surface area (Å²) in [5.74, 6) is 0.253. The highest BCUT2D eigenvalue weighted by Gasteiger charge is 2.07. The molecule has 0 saturated heterocycles. The van der Waals surface area contributed by atoms with Crippen molar-refractivity contribution < 1.29 is 13.6 Å². The van der Waals surface area contributed by atoms with Crippen molar-refractivity contribution in [1.29, 1.82) is 0 Å². The van der Waals surface area contributed by atoms with Gasteiger partial charge in [-0.2, -0.15) is 0 Å². The summed E-state index contributed by atoms with van der Waals surface area (Å²) < 4.78 is 18.2. The Balaban J connectivity index is 1.92. The topological polar surface area (TPSA) is 42.2 Å². The zero-order chi connectivity index (χ0) is 13.0. The van der Waals surface area contributed by atoms with Crippen molar-refractivity contribution in [2.24, 2.45) is 0 Å². The average Bonchev–Trinajstić information content (AvgIpc) is 2.84. The van der Waals surface area contributed by atoms with E-state index in [-0.39, 0.29) is 11.7 Å². The summed E-state index contributed by atoms with van der Waals surface area (Å²) >= 11 is 0. The fourth-order valence-corrected chi connectivity index (χ4v) is 1.63. The van der Waals surface area contributed by atoms with Gasteiger partial charge in [0.15, 0.2) is 0 Å². The first-order chi connectivity index (χ1) is 8.65. The number of hydrogen-bond donors (Lipinski definition) is 1. The highest BCUT2D eigenvalue weighted by molar-refractivity contribution is 5.91. The summed E-state index contributed by atoms with van der Waals surface area (Å²) in [5, 5.41) is 2.69. The molecule has 0 unspecified atom stereocenters. The van der Waals surface area contributed by atoms with Gasteiger partial charge in [0, 0.05) is 18.5 Å². The van der Waals surface area contributed by atoms with E-state index in [1.54, 1.807) is 18.4 Å². The predicted octanol–water partition coefficient (Wildman–Crippen LogP) is 3.30. The lowest BCUT2D eigenvalue weighted by Crippen LogP contribution is -2.13. The van der Waals surface area contributed by atoms with Crippen molar-refractivity contribution >= 4 is 11.6 Å². The fraction of sp³-hybridized carbons (Fsp3) is 0.214. The molecule has 0 aliphatic carbocycles. The van der Waals surface area contributed by atoms with Crippen LogP contribution in [0.15, 0.2) is 41.0 Å². The minimum atomic E-state index is -0.359. The van der Waals surface area contributed by atoms with Gasteiger partial charge < -0.3 is 9.73 Å². The summed E-state index contributed by atoms with van der Waals surface area (Å²) in [6, 6.07) is 7.93. The van der Waals surface area contributed by atoms with E-state index < -0.39 is 0 Å². The van der Waals surface area contributed by atoms with Crippen LogP contribution in [0.2, 0.25) is 0 Å². The average molecular weight is 247 g/mol. The van der Waals surface area contributed by atoms with E-state index in [1.165, 1.54) is 12.1 Å². The monoisotopic (exact) mass is 247 g/mol. The molecule has 94 valence electrons. The van der Waals surface area contributed by atoms with Crippen LogP contribution in [0.4, 0.5) is 10.1 Å². The van der Waals surface area contributed by atoms with Crippen molar-refractivity contribution in [2.45, 2.75) is 19.8 Å². The molecule has 18 heavy (non-hydrogen) atoms. The van der Waals surface area contributed by atoms with Gasteiger partial charge in [-0.1, -0.05) is 6.07 Å². The molecule has 0 bridgehead atoms. The minimum Gasteiger partial charge on any atom is -0.469 e. The molecule has 0 spiro atoms. The molecule has 1 amide bonds. The molecule has 1 aromatic carbocycles. The van der Waals surface area contributed by atoms with Gasteiger partial charge in [0.1, 0.15) is 11.6 Å². The fourth-order valence-electron chi connectivity index (χ4n) is 1.63. The van der Waals surface area contributed by atoms with Gasteiger partial charge in [0.2, 0.25) is 5.91 Å². The van der Waals surface area contributed by atoms with Crippen LogP contribution in [0.3, 0.4) is 0 Å². The second-order valence-electron chi connectivity index (χ2n) is 4.09. The van der Waals surface area contributed by atoms with Crippen LogP contribution in [0.5, 0.6) is 0 Å². The standard InChI is InChI=1S/C14H14FNO2/c1-10-4-5-11(15)9-13(10)16-14(17)7-6-12-3-2-8-18-12/h2-5,8-9H,6-7H2,1H3,(H,16,17). The molecular formula is C14H14FNO2. The molecule has 3 nitrogen and oxygen atoms in total. The summed E-state index contributed by atoms with van der Waals surface area (Å²) in [6.45, 7) is 1.82. The maximum absolute atomic E-state index is 13.0. The quantitative estimate of drug-likeness (QED) is 0.900. The van der Waals surface area contributed by atoms with Gasteiger partial charge in [0.05, 0.1) is 6.26 Å². The summed E-state index contributed by atoms with van der Waals surface area (Å²) in [5.41, 5.74) is 1.35. The number of benzene rings is 1. The van der Waals surface area contributed by atoms with Crippen LogP contribution in [-0.2, 0) is 11.2 Å². The summed E-state index contributed by atoms with van der Waals surface area (Å²) in [4.78, 5) is 11.7. The summed E-state index contributed by atoms with van der Waals surface area (Å²) in [7, 11) is 0. The normalized spacial score (nSPS) is 10.3. The van der Waals surface area contributed by atoms with Crippen LogP contribution in [0.25, 0.3) is 0 Å². The lowest BCUT2D eigenvalue weighted by atomic mass is 10.2. The van der Waals surface area contributed by atoms with Crippen LogP contribution in [-0.4, -0.2) is 5.91 Å². The molecule has 1 aromatic heterocycles. The summed E-state index contributed by atoms with van der Waals surface area (Å²) in [6.07, 6.45) is 2.42. The predicted molar refractivity (Wildman–Crippen MR) is 66.8 cm³/mol. The third-order valence-electron chi connectivity index (χ3n) is 2.65. The van der Waals surface area contributed by atoms with E-state index >= 15 is 0 Å². The molecular weight excluding hydrogens is 233 g/mol. The van der Waals surface area contributed by atoms with Crippen molar-refractivity contribution in [2.75, 3.05) is 5.32 Å². The highest BCUT2D eigenvalue weighted by Crippen LogP contribution is 2.16. The van der Waals surface area contributed by atoms with Crippen molar-refractivity contribution in [3.05, 3.63) is 53.7 Å². The maximum Gasteiger partial charge on any atom is 0.224 e. The first-order valence-corrected chi connectivity index (χ1v) is 5.73. The van der Waals surface area contributed by atoms with Crippen molar-refractivity contribution in [3.8, 4) is 0 Å². The Kier molecular flexibility index (Phi) is 3.77. The van der Waals surface area contributed by atoms with Crippen LogP contribution in [0.1, 0.15) is 17.7 Å². The molecule has 0 radical (unpaired) electrons. The number of halogens is 1. The molecule has 0 aliphatic heterocycles. The maximum atomic E-state index is 13.0.